The molecule has 0 spiro atoms. The van der Waals surface area contributed by atoms with E-state index < -0.39 is 15.4 Å². The Bertz CT molecular complexity index is 1170. The van der Waals surface area contributed by atoms with Crippen molar-refractivity contribution < 1.29 is 18.3 Å². The van der Waals surface area contributed by atoms with Crippen molar-refractivity contribution in [1.82, 2.24) is 14.9 Å². The molecule has 2 heterocycles. The summed E-state index contributed by atoms with van der Waals surface area (Å²) in [5.41, 5.74) is -1.08. The van der Waals surface area contributed by atoms with Crippen LogP contribution in [0.4, 0.5) is 0 Å². The highest BCUT2D eigenvalue weighted by Crippen LogP contribution is 2.31. The molecule has 4 rings (SSSR count). The molecule has 0 unspecified atom stereocenters. The van der Waals surface area contributed by atoms with Crippen LogP contribution in [-0.4, -0.2) is 53.1 Å². The molecule has 0 radical (unpaired) electrons. The summed E-state index contributed by atoms with van der Waals surface area (Å²) in [6, 6.07) is 10.1. The smallest absolute Gasteiger partial charge is 0.223 e. The maximum absolute atomic E-state index is 12.7. The quantitative estimate of drug-likeness (QED) is 0.626. The van der Waals surface area contributed by atoms with Gasteiger partial charge in [0, 0.05) is 49.8 Å². The number of piperidine rings is 1. The molecular weight excluding hydrogens is 426 g/mol. The monoisotopic (exact) mass is 447 g/mol. The molecule has 0 saturated carbocycles. The van der Waals surface area contributed by atoms with Crippen LogP contribution in [0.15, 0.2) is 53.7 Å². The molecule has 7 nitrogen and oxygen atoms in total. The Morgan fingerprint density at radius 3 is 2.57 bits per heavy atom. The number of nitrogens with one attached hydrogen (secondary N) is 1. The highest BCUT2D eigenvalue weighted by Gasteiger charge is 2.37. The van der Waals surface area contributed by atoms with Gasteiger partial charge in [0.2, 0.25) is 5.91 Å². The number of aliphatic hydroxyl groups is 1. The van der Waals surface area contributed by atoms with Crippen molar-refractivity contribution in [2.75, 3.05) is 18.8 Å². The molecule has 1 amide bonds. The van der Waals surface area contributed by atoms with Gasteiger partial charge in [-0.15, -0.1) is 0 Å². The minimum absolute atomic E-state index is 0.0971. The molecular formula is C21H22ClN3O4S. The Morgan fingerprint density at radius 2 is 1.87 bits per heavy atom. The van der Waals surface area contributed by atoms with Gasteiger partial charge in [0.1, 0.15) is 11.4 Å². The molecule has 0 bridgehead atoms. The second-order valence-electron chi connectivity index (χ2n) is 7.57. The molecule has 1 saturated heterocycles. The zero-order valence-corrected chi connectivity index (χ0v) is 17.8. The molecule has 9 heteroatoms. The van der Waals surface area contributed by atoms with Gasteiger partial charge >= 0.3 is 0 Å². The third-order valence-corrected chi connectivity index (χ3v) is 7.55. The van der Waals surface area contributed by atoms with Gasteiger partial charge < -0.3 is 15.0 Å². The van der Waals surface area contributed by atoms with E-state index in [-0.39, 0.29) is 23.0 Å². The summed E-state index contributed by atoms with van der Waals surface area (Å²) in [5.74, 6) is 0.00608. The zero-order chi connectivity index (χ0) is 21.4. The maximum atomic E-state index is 12.7. The van der Waals surface area contributed by atoms with Crippen LogP contribution in [0.1, 0.15) is 25.1 Å². The van der Waals surface area contributed by atoms with Crippen LogP contribution in [0.3, 0.4) is 0 Å². The van der Waals surface area contributed by atoms with E-state index in [0.29, 0.717) is 36.8 Å². The average molecular weight is 448 g/mol. The lowest BCUT2D eigenvalue weighted by molar-refractivity contribution is -0.135. The highest BCUT2D eigenvalue weighted by atomic mass is 35.5. The fourth-order valence-corrected chi connectivity index (χ4v) is 5.21. The Labute approximate surface area is 179 Å². The average Bonchev–Trinajstić information content (AvgIpc) is 3.28. The van der Waals surface area contributed by atoms with Crippen molar-refractivity contribution in [2.45, 2.75) is 29.8 Å². The summed E-state index contributed by atoms with van der Waals surface area (Å²) in [4.78, 5) is 21.4. The van der Waals surface area contributed by atoms with Crippen LogP contribution in [0.5, 0.6) is 0 Å². The van der Waals surface area contributed by atoms with Crippen molar-refractivity contribution in [3.63, 3.8) is 0 Å². The SMILES string of the molecule is O=C(CCS(=O)(=O)c1ccc2cc(Cl)ccc2c1)N1CCC(O)(c2ncc[nH]2)CC1. The molecule has 2 aromatic carbocycles. The molecule has 1 fully saturated rings. The number of amides is 1. The number of carbonyl (C=O) groups excluding carboxylic acids is 1. The number of benzene rings is 2. The largest absolute Gasteiger partial charge is 0.382 e. The van der Waals surface area contributed by atoms with E-state index in [9.17, 15) is 18.3 Å². The molecule has 1 aliphatic rings. The van der Waals surface area contributed by atoms with Crippen molar-refractivity contribution in [3.05, 3.63) is 59.6 Å². The number of rotatable bonds is 5. The number of aromatic nitrogens is 2. The number of hydrogen-bond donors (Lipinski definition) is 2. The number of aromatic amines is 1. The summed E-state index contributed by atoms with van der Waals surface area (Å²) in [6.45, 7) is 0.708. The second-order valence-corrected chi connectivity index (χ2v) is 10.1. The Kier molecular flexibility index (Phi) is 5.57. The van der Waals surface area contributed by atoms with Gasteiger partial charge in [-0.3, -0.25) is 4.79 Å². The number of sulfone groups is 1. The lowest BCUT2D eigenvalue weighted by Crippen LogP contribution is -2.46. The molecule has 3 aromatic rings. The number of nitrogens with zero attached hydrogens (tertiary/aromatic N) is 2. The third kappa shape index (κ3) is 4.21. The molecule has 30 heavy (non-hydrogen) atoms. The Morgan fingerprint density at radius 1 is 1.17 bits per heavy atom. The third-order valence-electron chi connectivity index (χ3n) is 5.60. The second kappa shape index (κ2) is 8.02. The van der Waals surface area contributed by atoms with Gasteiger partial charge in [0.05, 0.1) is 10.6 Å². The van der Waals surface area contributed by atoms with Crippen LogP contribution < -0.4 is 0 Å². The van der Waals surface area contributed by atoms with Crippen molar-refractivity contribution in [1.29, 1.82) is 0 Å². The van der Waals surface area contributed by atoms with Crippen molar-refractivity contribution in [3.8, 4) is 0 Å². The van der Waals surface area contributed by atoms with E-state index in [0.717, 1.165) is 10.8 Å². The normalized spacial score (nSPS) is 16.7. The van der Waals surface area contributed by atoms with E-state index in [4.69, 9.17) is 11.6 Å². The van der Waals surface area contributed by atoms with Gasteiger partial charge in [-0.25, -0.2) is 13.4 Å². The van der Waals surface area contributed by atoms with Gasteiger partial charge in [0.25, 0.3) is 0 Å². The fourth-order valence-electron chi connectivity index (χ4n) is 3.77. The van der Waals surface area contributed by atoms with E-state index in [1.54, 1.807) is 53.7 Å². The van der Waals surface area contributed by atoms with Crippen LogP contribution in [0.2, 0.25) is 5.02 Å². The molecule has 0 aliphatic carbocycles. The first kappa shape index (κ1) is 20.8. The van der Waals surface area contributed by atoms with Gasteiger partial charge in [-0.2, -0.15) is 0 Å². The number of fused-ring (bicyclic) bond motifs is 1. The summed E-state index contributed by atoms with van der Waals surface area (Å²) >= 11 is 5.97. The predicted molar refractivity (Wildman–Crippen MR) is 114 cm³/mol. The summed E-state index contributed by atoms with van der Waals surface area (Å²) in [6.07, 6.45) is 3.84. The molecule has 1 aliphatic heterocycles. The van der Waals surface area contributed by atoms with Gasteiger partial charge in [-0.1, -0.05) is 23.7 Å². The number of likely N-dealkylation sites (tertiary alicyclic amines) is 1. The van der Waals surface area contributed by atoms with Crippen LogP contribution >= 0.6 is 11.6 Å². The zero-order valence-electron chi connectivity index (χ0n) is 16.2. The summed E-state index contributed by atoms with van der Waals surface area (Å²) in [7, 11) is -3.60. The lowest BCUT2D eigenvalue weighted by Gasteiger charge is -2.37. The molecule has 1 aromatic heterocycles. The van der Waals surface area contributed by atoms with E-state index in [2.05, 4.69) is 9.97 Å². The van der Waals surface area contributed by atoms with Gasteiger partial charge in [0.15, 0.2) is 9.84 Å². The predicted octanol–water partition coefficient (Wildman–Crippen LogP) is 2.89. The lowest BCUT2D eigenvalue weighted by atomic mass is 9.90. The number of carbonyl (C=O) groups is 1. The van der Waals surface area contributed by atoms with Crippen LogP contribution in [0, 0.1) is 0 Å². The van der Waals surface area contributed by atoms with Crippen LogP contribution in [-0.2, 0) is 20.2 Å². The first-order valence-corrected chi connectivity index (χ1v) is 11.7. The summed E-state index contributed by atoms with van der Waals surface area (Å²) < 4.78 is 25.5. The first-order chi connectivity index (χ1) is 14.3. The minimum Gasteiger partial charge on any atom is -0.382 e. The van der Waals surface area contributed by atoms with Crippen molar-refractivity contribution in [2.24, 2.45) is 0 Å². The van der Waals surface area contributed by atoms with E-state index in [1.807, 2.05) is 0 Å². The van der Waals surface area contributed by atoms with E-state index in [1.165, 1.54) is 0 Å². The van der Waals surface area contributed by atoms with Crippen molar-refractivity contribution >= 4 is 38.1 Å². The Hall–Kier alpha value is -2.42. The highest BCUT2D eigenvalue weighted by molar-refractivity contribution is 7.91. The van der Waals surface area contributed by atoms with E-state index >= 15 is 0 Å². The number of imidazole rings is 1. The van der Waals surface area contributed by atoms with Crippen LogP contribution in [0.25, 0.3) is 10.8 Å². The molecule has 158 valence electrons. The maximum Gasteiger partial charge on any atom is 0.223 e. The molecule has 2 N–H and O–H groups in total. The number of H-pyrrole nitrogens is 1. The summed E-state index contributed by atoms with van der Waals surface area (Å²) in [5, 5.41) is 12.9. The molecule has 0 atom stereocenters. The standard InChI is InChI=1S/C21H22ClN3O4S/c22-17-3-1-16-14-18(4-2-15(16)13-17)30(28,29)12-5-19(26)25-10-6-21(27,7-11-25)20-23-8-9-24-20/h1-4,8-9,13-14,27H,5-7,10-12H2,(H,23,24). The first-order valence-electron chi connectivity index (χ1n) is 9.69. The topological polar surface area (TPSA) is 103 Å². The van der Waals surface area contributed by atoms with Gasteiger partial charge in [-0.05, 0) is 35.0 Å². The fraction of sp³-hybridized carbons (Fsp3) is 0.333. The Balaban J connectivity index is 1.38. The number of halogens is 1. The number of hydrogen-bond acceptors (Lipinski definition) is 5. The minimum atomic E-state index is -3.60.